The number of nitrogens with zero attached hydrogens (tertiary/aromatic N) is 4. The number of piperidine rings is 1. The average molecular weight is 429 g/mol. The number of ether oxygens (including phenoxy) is 1. The summed E-state index contributed by atoms with van der Waals surface area (Å²) in [6.45, 7) is 7.16. The zero-order valence-corrected chi connectivity index (χ0v) is 18.7. The predicted molar refractivity (Wildman–Crippen MR) is 123 cm³/mol. The molecule has 2 saturated heterocycles. The highest BCUT2D eigenvalue weighted by Crippen LogP contribution is 2.25. The first-order chi connectivity index (χ1) is 14.7. The Morgan fingerprint density at radius 1 is 1.00 bits per heavy atom. The van der Waals surface area contributed by atoms with Crippen molar-refractivity contribution < 1.29 is 9.53 Å². The number of aromatic nitrogens is 1. The van der Waals surface area contributed by atoms with Crippen molar-refractivity contribution in [3.05, 3.63) is 35.3 Å². The number of likely N-dealkylation sites (tertiary alicyclic amines) is 1. The van der Waals surface area contributed by atoms with Gasteiger partial charge in [-0.3, -0.25) is 4.79 Å². The number of ketones is 1. The molecule has 162 valence electrons. The van der Waals surface area contributed by atoms with Crippen LogP contribution in [0.1, 0.15) is 42.6 Å². The molecule has 2 fully saturated rings. The number of methoxy groups -OCH3 is 1. The number of carbonyl (C=O) groups excluding carboxylic acids is 1. The van der Waals surface area contributed by atoms with Crippen molar-refractivity contribution >= 4 is 27.9 Å². The Morgan fingerprint density at radius 3 is 2.40 bits per heavy atom. The predicted octanol–water partition coefficient (Wildman–Crippen LogP) is 3.93. The standard InChI is InChI=1S/C23H32N4O2S/c1-29-20-9-7-19(8-10-20)26-14-16-27(17-15-26)23-24-21(18-30-23)22(28)6-5-13-25-11-3-2-4-12-25/h7-10,18H,2-6,11-17H2,1H3. The van der Waals surface area contributed by atoms with E-state index in [9.17, 15) is 4.79 Å². The Labute approximate surface area is 183 Å². The second-order valence-corrected chi connectivity index (χ2v) is 8.95. The van der Waals surface area contributed by atoms with Gasteiger partial charge in [-0.05, 0) is 63.2 Å². The largest absolute Gasteiger partial charge is 0.497 e. The maximum Gasteiger partial charge on any atom is 0.186 e. The summed E-state index contributed by atoms with van der Waals surface area (Å²) in [4.78, 5) is 24.4. The maximum absolute atomic E-state index is 12.6. The van der Waals surface area contributed by atoms with Crippen LogP contribution in [-0.4, -0.2) is 68.6 Å². The van der Waals surface area contributed by atoms with Crippen LogP contribution in [0.15, 0.2) is 29.6 Å². The van der Waals surface area contributed by atoms with Crippen LogP contribution >= 0.6 is 11.3 Å². The summed E-state index contributed by atoms with van der Waals surface area (Å²) in [7, 11) is 1.69. The Kier molecular flexibility index (Phi) is 7.23. The summed E-state index contributed by atoms with van der Waals surface area (Å²) in [5.41, 5.74) is 1.87. The van der Waals surface area contributed by atoms with Crippen molar-refractivity contribution in [3.8, 4) is 5.75 Å². The number of thiazole rings is 1. The topological polar surface area (TPSA) is 48.9 Å². The number of hydrogen-bond donors (Lipinski definition) is 0. The van der Waals surface area contributed by atoms with E-state index in [2.05, 4.69) is 31.8 Å². The number of anilines is 2. The van der Waals surface area contributed by atoms with E-state index >= 15 is 0 Å². The molecule has 0 bridgehead atoms. The van der Waals surface area contributed by atoms with E-state index in [-0.39, 0.29) is 5.78 Å². The van der Waals surface area contributed by atoms with Gasteiger partial charge in [-0.25, -0.2) is 4.98 Å². The second kappa shape index (κ2) is 10.3. The lowest BCUT2D eigenvalue weighted by molar-refractivity contribution is 0.0969. The molecule has 6 nitrogen and oxygen atoms in total. The molecular weight excluding hydrogens is 396 g/mol. The van der Waals surface area contributed by atoms with Gasteiger partial charge < -0.3 is 19.4 Å². The summed E-state index contributed by atoms with van der Waals surface area (Å²) >= 11 is 1.60. The van der Waals surface area contributed by atoms with E-state index < -0.39 is 0 Å². The van der Waals surface area contributed by atoms with Crippen molar-refractivity contribution in [1.82, 2.24) is 9.88 Å². The molecule has 0 saturated carbocycles. The van der Waals surface area contributed by atoms with Gasteiger partial charge in [0.05, 0.1) is 7.11 Å². The first-order valence-electron chi connectivity index (χ1n) is 11.1. The molecule has 0 unspecified atom stereocenters. The highest BCUT2D eigenvalue weighted by atomic mass is 32.1. The molecule has 0 spiro atoms. The van der Waals surface area contributed by atoms with Crippen molar-refractivity contribution in [2.45, 2.75) is 32.1 Å². The molecule has 7 heteroatoms. The van der Waals surface area contributed by atoms with E-state index in [1.165, 1.54) is 38.0 Å². The van der Waals surface area contributed by atoms with Crippen LogP contribution in [-0.2, 0) is 0 Å². The summed E-state index contributed by atoms with van der Waals surface area (Å²) in [5, 5.41) is 2.91. The van der Waals surface area contributed by atoms with Gasteiger partial charge in [0.1, 0.15) is 11.4 Å². The molecule has 2 aromatic rings. The van der Waals surface area contributed by atoms with Gasteiger partial charge in [0.2, 0.25) is 0 Å². The number of hydrogen-bond acceptors (Lipinski definition) is 7. The van der Waals surface area contributed by atoms with Gasteiger partial charge in [0.25, 0.3) is 0 Å². The molecule has 30 heavy (non-hydrogen) atoms. The average Bonchev–Trinajstić information content (AvgIpc) is 3.30. The highest BCUT2D eigenvalue weighted by molar-refractivity contribution is 7.13. The second-order valence-electron chi connectivity index (χ2n) is 8.12. The smallest absolute Gasteiger partial charge is 0.186 e. The van der Waals surface area contributed by atoms with Gasteiger partial charge in [0, 0.05) is 43.7 Å². The summed E-state index contributed by atoms with van der Waals surface area (Å²) in [5.74, 6) is 1.07. The number of rotatable bonds is 8. The van der Waals surface area contributed by atoms with E-state index in [1.54, 1.807) is 18.4 Å². The third kappa shape index (κ3) is 5.32. The first-order valence-corrected chi connectivity index (χ1v) is 12.0. The molecule has 0 N–H and O–H groups in total. The Morgan fingerprint density at radius 2 is 1.70 bits per heavy atom. The number of benzene rings is 1. The lowest BCUT2D eigenvalue weighted by Crippen LogP contribution is -2.46. The van der Waals surface area contributed by atoms with Crippen LogP contribution in [0.2, 0.25) is 0 Å². The Bertz CT molecular complexity index is 809. The van der Waals surface area contributed by atoms with Gasteiger partial charge in [-0.15, -0.1) is 11.3 Å². The quantitative estimate of drug-likeness (QED) is 0.594. The lowest BCUT2D eigenvalue weighted by atomic mass is 10.1. The Balaban J connectivity index is 1.24. The number of carbonyl (C=O) groups is 1. The van der Waals surface area contributed by atoms with Crippen LogP contribution in [0, 0.1) is 0 Å². The van der Waals surface area contributed by atoms with Crippen LogP contribution in [0.3, 0.4) is 0 Å². The van der Waals surface area contributed by atoms with Crippen LogP contribution in [0.5, 0.6) is 5.75 Å². The fourth-order valence-electron chi connectivity index (χ4n) is 4.26. The SMILES string of the molecule is COc1ccc(N2CCN(c3nc(C(=O)CCCN4CCCCC4)cs3)CC2)cc1. The molecule has 2 aliphatic heterocycles. The zero-order chi connectivity index (χ0) is 20.8. The first kappa shape index (κ1) is 21.1. The molecule has 3 heterocycles. The van der Waals surface area contributed by atoms with Gasteiger partial charge in [-0.2, -0.15) is 0 Å². The summed E-state index contributed by atoms with van der Waals surface area (Å²) in [6.07, 6.45) is 5.49. The number of Topliss-reactive ketones (excluding diaryl/α,β-unsaturated/α-hetero) is 1. The van der Waals surface area contributed by atoms with Crippen LogP contribution in [0.4, 0.5) is 10.8 Å². The van der Waals surface area contributed by atoms with E-state index in [0.717, 1.165) is 50.0 Å². The number of piperazine rings is 1. The molecule has 2 aliphatic rings. The van der Waals surface area contributed by atoms with E-state index in [4.69, 9.17) is 4.74 Å². The van der Waals surface area contributed by atoms with E-state index in [0.29, 0.717) is 12.1 Å². The molecule has 0 aliphatic carbocycles. The van der Waals surface area contributed by atoms with Gasteiger partial charge in [0.15, 0.2) is 10.9 Å². The summed E-state index contributed by atoms with van der Waals surface area (Å²) in [6, 6.07) is 8.23. The van der Waals surface area contributed by atoms with Gasteiger partial charge >= 0.3 is 0 Å². The molecular formula is C23H32N4O2S. The molecule has 0 amide bonds. The van der Waals surface area contributed by atoms with Crippen LogP contribution < -0.4 is 14.5 Å². The molecule has 1 aromatic carbocycles. The minimum Gasteiger partial charge on any atom is -0.497 e. The zero-order valence-electron chi connectivity index (χ0n) is 17.9. The van der Waals surface area contributed by atoms with Crippen LogP contribution in [0.25, 0.3) is 0 Å². The normalized spacial score (nSPS) is 17.9. The highest BCUT2D eigenvalue weighted by Gasteiger charge is 2.21. The maximum atomic E-state index is 12.6. The van der Waals surface area contributed by atoms with E-state index in [1.807, 2.05) is 17.5 Å². The summed E-state index contributed by atoms with van der Waals surface area (Å²) < 4.78 is 5.24. The van der Waals surface area contributed by atoms with Gasteiger partial charge in [-0.1, -0.05) is 6.42 Å². The minimum absolute atomic E-state index is 0.186. The fourth-order valence-corrected chi connectivity index (χ4v) is 5.14. The third-order valence-electron chi connectivity index (χ3n) is 6.09. The Hall–Kier alpha value is -2.12. The van der Waals surface area contributed by atoms with Crippen molar-refractivity contribution in [1.29, 1.82) is 0 Å². The molecule has 0 atom stereocenters. The molecule has 4 rings (SSSR count). The molecule has 0 radical (unpaired) electrons. The third-order valence-corrected chi connectivity index (χ3v) is 6.99. The van der Waals surface area contributed by atoms with Crippen molar-refractivity contribution in [2.75, 3.05) is 62.7 Å². The lowest BCUT2D eigenvalue weighted by Gasteiger charge is -2.36. The fraction of sp³-hybridized carbons (Fsp3) is 0.565. The van der Waals surface area contributed by atoms with Crippen molar-refractivity contribution in [2.24, 2.45) is 0 Å². The van der Waals surface area contributed by atoms with Crippen molar-refractivity contribution in [3.63, 3.8) is 0 Å². The molecule has 1 aromatic heterocycles. The minimum atomic E-state index is 0.186. The monoisotopic (exact) mass is 428 g/mol.